The topological polar surface area (TPSA) is 87.9 Å². The van der Waals surface area contributed by atoms with Gasteiger partial charge < -0.3 is 4.90 Å². The Hall–Kier alpha value is -2.92. The molecule has 1 amide bonds. The summed E-state index contributed by atoms with van der Waals surface area (Å²) in [6, 6.07) is 10.9. The van der Waals surface area contributed by atoms with Crippen LogP contribution in [0.3, 0.4) is 0 Å². The van der Waals surface area contributed by atoms with E-state index in [4.69, 9.17) is 0 Å². The molecule has 0 bridgehead atoms. The molecule has 1 aliphatic heterocycles. The van der Waals surface area contributed by atoms with Crippen LogP contribution in [-0.2, 0) is 10.0 Å². The van der Waals surface area contributed by atoms with Crippen molar-refractivity contribution in [3.05, 3.63) is 59.5 Å². The van der Waals surface area contributed by atoms with Gasteiger partial charge in [-0.3, -0.25) is 4.79 Å². The van der Waals surface area contributed by atoms with E-state index in [1.165, 1.54) is 33.5 Å². The Morgan fingerprint density at radius 3 is 2.34 bits per heavy atom. The van der Waals surface area contributed by atoms with E-state index in [9.17, 15) is 22.0 Å². The molecule has 1 aliphatic carbocycles. The van der Waals surface area contributed by atoms with E-state index >= 15 is 0 Å². The van der Waals surface area contributed by atoms with E-state index < -0.39 is 22.4 Å². The number of piperazine rings is 1. The summed E-state index contributed by atoms with van der Waals surface area (Å²) in [5.74, 6) is -0.244. The lowest BCUT2D eigenvalue weighted by Crippen LogP contribution is -2.50. The van der Waals surface area contributed by atoms with Crippen molar-refractivity contribution >= 4 is 21.6 Å². The van der Waals surface area contributed by atoms with Gasteiger partial charge in [0, 0.05) is 43.9 Å². The minimum absolute atomic E-state index is 0.0201. The summed E-state index contributed by atoms with van der Waals surface area (Å²) in [7, 11) is -3.64. The summed E-state index contributed by atoms with van der Waals surface area (Å²) in [5, 5.41) is 4.10. The number of rotatable bonds is 5. The van der Waals surface area contributed by atoms with Crippen molar-refractivity contribution < 1.29 is 22.0 Å². The van der Waals surface area contributed by atoms with Crippen molar-refractivity contribution in [1.82, 2.24) is 23.8 Å². The Labute approximate surface area is 183 Å². The van der Waals surface area contributed by atoms with Crippen molar-refractivity contribution in [3.63, 3.8) is 0 Å². The molecular weight excluding hydrogens is 440 g/mol. The molecule has 5 rings (SSSR count). The van der Waals surface area contributed by atoms with Gasteiger partial charge in [-0.15, -0.1) is 0 Å². The molecule has 3 aromatic rings. The highest BCUT2D eigenvalue weighted by Gasteiger charge is 2.32. The molecule has 0 N–H and O–H groups in total. The third-order valence-corrected chi connectivity index (χ3v) is 7.73. The number of carbonyl (C=O) groups excluding carboxylic acids is 1. The van der Waals surface area contributed by atoms with Crippen molar-refractivity contribution in [2.75, 3.05) is 26.2 Å². The first-order valence-corrected chi connectivity index (χ1v) is 11.8. The van der Waals surface area contributed by atoms with Gasteiger partial charge in [0.1, 0.15) is 5.69 Å². The van der Waals surface area contributed by atoms with Crippen LogP contribution in [-0.4, -0.2) is 64.3 Å². The second-order valence-corrected chi connectivity index (χ2v) is 9.93. The molecule has 11 heteroatoms. The fraction of sp³-hybridized carbons (Fsp3) is 0.381. The molecule has 0 spiro atoms. The van der Waals surface area contributed by atoms with E-state index in [2.05, 4.69) is 10.1 Å². The van der Waals surface area contributed by atoms with Crippen molar-refractivity contribution in [3.8, 4) is 0 Å². The summed E-state index contributed by atoms with van der Waals surface area (Å²) in [6.45, 7) is 0.647. The summed E-state index contributed by atoms with van der Waals surface area (Å²) in [6.07, 6.45) is -0.906. The van der Waals surface area contributed by atoms with Gasteiger partial charge >= 0.3 is 0 Å². The molecule has 1 saturated heterocycles. The fourth-order valence-corrected chi connectivity index (χ4v) is 5.34. The van der Waals surface area contributed by atoms with Gasteiger partial charge in [0.25, 0.3) is 12.3 Å². The van der Waals surface area contributed by atoms with Gasteiger partial charge in [-0.1, -0.05) is 18.2 Å². The number of alkyl halides is 2. The maximum absolute atomic E-state index is 13.6. The highest BCUT2D eigenvalue weighted by Crippen LogP contribution is 2.40. The van der Waals surface area contributed by atoms with Gasteiger partial charge in [-0.2, -0.15) is 9.40 Å². The van der Waals surface area contributed by atoms with E-state index in [0.717, 1.165) is 17.4 Å². The molecule has 32 heavy (non-hydrogen) atoms. The number of carbonyl (C=O) groups is 1. The first-order chi connectivity index (χ1) is 15.3. The van der Waals surface area contributed by atoms with E-state index in [1.54, 1.807) is 18.2 Å². The van der Waals surface area contributed by atoms with Crippen LogP contribution in [0.4, 0.5) is 8.78 Å². The molecule has 2 aliphatic rings. The third kappa shape index (κ3) is 3.75. The Kier molecular flexibility index (Phi) is 5.17. The third-order valence-electron chi connectivity index (χ3n) is 5.82. The standard InChI is InChI=1S/C21H21F2N5O3S/c22-20(23)18-12-16(14-6-7-14)24-19-13-17(25-28(18)19)21(29)26-8-10-27(11-9-26)32(30,31)15-4-2-1-3-5-15/h1-5,12-14,20H,6-11H2. The summed E-state index contributed by atoms with van der Waals surface area (Å²) in [4.78, 5) is 19.1. The van der Waals surface area contributed by atoms with Crippen LogP contribution in [0.25, 0.3) is 5.65 Å². The zero-order valence-electron chi connectivity index (χ0n) is 17.1. The van der Waals surface area contributed by atoms with Crippen LogP contribution in [0.5, 0.6) is 0 Å². The fourth-order valence-electron chi connectivity index (χ4n) is 3.90. The summed E-state index contributed by atoms with van der Waals surface area (Å²) < 4.78 is 55.1. The smallest absolute Gasteiger partial charge is 0.280 e. The largest absolute Gasteiger partial charge is 0.335 e. The quantitative estimate of drug-likeness (QED) is 0.583. The zero-order chi connectivity index (χ0) is 22.5. The predicted octanol–water partition coefficient (Wildman–Crippen LogP) is 2.69. The molecule has 8 nitrogen and oxygen atoms in total. The number of fused-ring (bicyclic) bond motifs is 1. The molecule has 2 aromatic heterocycles. The van der Waals surface area contributed by atoms with Gasteiger partial charge in [-0.25, -0.2) is 26.7 Å². The SMILES string of the molecule is O=C(c1cc2nc(C3CC3)cc(C(F)F)n2n1)N1CCN(S(=O)(=O)c2ccccc2)CC1. The molecule has 2 fully saturated rings. The van der Waals surface area contributed by atoms with E-state index in [-0.39, 0.29) is 54.0 Å². The molecule has 3 heterocycles. The number of sulfonamides is 1. The Morgan fingerprint density at radius 1 is 1.03 bits per heavy atom. The Balaban J connectivity index is 1.35. The maximum atomic E-state index is 13.6. The zero-order valence-corrected chi connectivity index (χ0v) is 17.9. The number of nitrogens with zero attached hydrogens (tertiary/aromatic N) is 5. The first kappa shape index (κ1) is 21.0. The van der Waals surface area contributed by atoms with Crippen molar-refractivity contribution in [1.29, 1.82) is 0 Å². The lowest BCUT2D eigenvalue weighted by atomic mass is 10.2. The Bertz CT molecular complexity index is 1270. The number of hydrogen-bond donors (Lipinski definition) is 0. The van der Waals surface area contributed by atoms with Crippen LogP contribution in [0.2, 0.25) is 0 Å². The maximum Gasteiger partial charge on any atom is 0.280 e. The Morgan fingerprint density at radius 2 is 1.72 bits per heavy atom. The van der Waals surface area contributed by atoms with E-state index in [0.29, 0.717) is 5.69 Å². The highest BCUT2D eigenvalue weighted by molar-refractivity contribution is 7.89. The minimum Gasteiger partial charge on any atom is -0.335 e. The lowest BCUT2D eigenvalue weighted by molar-refractivity contribution is 0.0691. The average Bonchev–Trinajstić information content (AvgIpc) is 3.57. The van der Waals surface area contributed by atoms with Crippen LogP contribution in [0.15, 0.2) is 47.4 Å². The number of halogens is 2. The van der Waals surface area contributed by atoms with Gasteiger partial charge in [-0.05, 0) is 31.0 Å². The van der Waals surface area contributed by atoms with Crippen LogP contribution in [0.1, 0.15) is 47.1 Å². The molecule has 0 atom stereocenters. The first-order valence-electron chi connectivity index (χ1n) is 10.4. The van der Waals surface area contributed by atoms with Crippen LogP contribution in [0, 0.1) is 0 Å². The number of amides is 1. The van der Waals surface area contributed by atoms with Gasteiger partial charge in [0.05, 0.1) is 4.90 Å². The monoisotopic (exact) mass is 461 g/mol. The van der Waals surface area contributed by atoms with E-state index in [1.807, 2.05) is 0 Å². The molecule has 1 saturated carbocycles. The normalized spacial score (nSPS) is 17.9. The second-order valence-electron chi connectivity index (χ2n) is 7.99. The number of benzene rings is 1. The van der Waals surface area contributed by atoms with Crippen LogP contribution < -0.4 is 0 Å². The van der Waals surface area contributed by atoms with Crippen molar-refractivity contribution in [2.24, 2.45) is 0 Å². The minimum atomic E-state index is -3.64. The summed E-state index contributed by atoms with van der Waals surface area (Å²) in [5.41, 5.74) is 0.561. The number of hydrogen-bond acceptors (Lipinski definition) is 5. The van der Waals surface area contributed by atoms with Crippen LogP contribution >= 0.6 is 0 Å². The number of aromatic nitrogens is 3. The molecule has 168 valence electrons. The molecule has 0 unspecified atom stereocenters. The van der Waals surface area contributed by atoms with Crippen molar-refractivity contribution in [2.45, 2.75) is 30.1 Å². The molecule has 1 aromatic carbocycles. The molecular formula is C21H21F2N5O3S. The summed E-state index contributed by atoms with van der Waals surface area (Å²) >= 11 is 0. The lowest BCUT2D eigenvalue weighted by Gasteiger charge is -2.33. The van der Waals surface area contributed by atoms with Gasteiger partial charge in [0.15, 0.2) is 11.3 Å². The highest BCUT2D eigenvalue weighted by atomic mass is 32.2. The average molecular weight is 461 g/mol. The predicted molar refractivity (Wildman–Crippen MR) is 111 cm³/mol. The molecule has 0 radical (unpaired) electrons. The van der Waals surface area contributed by atoms with Gasteiger partial charge in [0.2, 0.25) is 10.0 Å². The second kappa shape index (κ2) is 7.89.